The van der Waals surface area contributed by atoms with Crippen LogP contribution < -0.4 is 14.8 Å². The third-order valence-corrected chi connectivity index (χ3v) is 13.5. The number of unbranched alkanes of at least 4 members (excludes halogenated alkanes) is 38. The van der Waals surface area contributed by atoms with Gasteiger partial charge in [-0.05, 0) is 63.6 Å². The van der Waals surface area contributed by atoms with Crippen molar-refractivity contribution in [3.63, 3.8) is 0 Å². The Kier molecular flexibility index (Phi) is 43.6. The van der Waals surface area contributed by atoms with Gasteiger partial charge in [-0.1, -0.05) is 272 Å². The lowest BCUT2D eigenvalue weighted by Gasteiger charge is -2.23. The Morgan fingerprint density at radius 2 is 0.739 bits per heavy atom. The van der Waals surface area contributed by atoms with Crippen LogP contribution in [0.5, 0.6) is 11.5 Å². The number of alkyl carbamates (subject to hydrolysis) is 1. The second kappa shape index (κ2) is 46.6. The Bertz CT molecular complexity index is 1230. The maximum absolute atomic E-state index is 13.3. The van der Waals surface area contributed by atoms with Crippen LogP contribution in [0.15, 0.2) is 18.2 Å². The summed E-state index contributed by atoms with van der Waals surface area (Å²) in [5.74, 6) is 1.19. The van der Waals surface area contributed by atoms with Crippen LogP contribution in [0.4, 0.5) is 4.79 Å². The molecule has 404 valence electrons. The van der Waals surface area contributed by atoms with Crippen LogP contribution in [0.25, 0.3) is 0 Å². The number of amides is 1. The van der Waals surface area contributed by atoms with E-state index in [4.69, 9.17) is 18.9 Å². The van der Waals surface area contributed by atoms with Gasteiger partial charge in [0, 0.05) is 6.07 Å². The number of esters is 1. The third kappa shape index (κ3) is 44.0. The highest BCUT2D eigenvalue weighted by molar-refractivity contribution is 5.81. The van der Waals surface area contributed by atoms with E-state index in [0.717, 1.165) is 29.9 Å². The van der Waals surface area contributed by atoms with Crippen molar-refractivity contribution < 1.29 is 28.5 Å². The lowest BCUT2D eigenvalue weighted by Crippen LogP contribution is -2.44. The van der Waals surface area contributed by atoms with Gasteiger partial charge in [0.05, 0.1) is 13.2 Å². The molecule has 1 aromatic rings. The summed E-state index contributed by atoms with van der Waals surface area (Å²) < 4.78 is 23.8. The lowest BCUT2D eigenvalue weighted by atomic mass is 10.0. The van der Waals surface area contributed by atoms with Gasteiger partial charge < -0.3 is 24.3 Å². The fourth-order valence-corrected chi connectivity index (χ4v) is 9.37. The first-order valence-corrected chi connectivity index (χ1v) is 30.1. The van der Waals surface area contributed by atoms with E-state index < -0.39 is 23.7 Å². The molecule has 0 aliphatic carbocycles. The molecule has 1 atom stereocenters. The van der Waals surface area contributed by atoms with Crippen molar-refractivity contribution in [3.05, 3.63) is 23.8 Å². The Labute approximate surface area is 428 Å². The molecule has 0 aromatic heterocycles. The number of carbonyl (C=O) groups excluding carboxylic acids is 2. The molecule has 1 N–H and O–H groups in total. The normalized spacial score (nSPS) is 12.1. The fraction of sp³-hybridized carbons (Fsp3) is 0.871. The summed E-state index contributed by atoms with van der Waals surface area (Å²) in [6.07, 6.45) is 54.5. The van der Waals surface area contributed by atoms with Crippen LogP contribution >= 0.6 is 0 Å². The molecule has 69 heavy (non-hydrogen) atoms. The third-order valence-electron chi connectivity index (χ3n) is 13.5. The minimum absolute atomic E-state index is 0.0651. The van der Waals surface area contributed by atoms with E-state index in [2.05, 4.69) is 19.2 Å². The first-order valence-electron chi connectivity index (χ1n) is 30.1. The molecule has 1 amide bonds. The molecule has 1 rings (SSSR count). The highest BCUT2D eigenvalue weighted by Gasteiger charge is 2.26. The topological polar surface area (TPSA) is 83.1 Å². The predicted molar refractivity (Wildman–Crippen MR) is 296 cm³/mol. The number of hydrogen-bond acceptors (Lipinski definition) is 6. The van der Waals surface area contributed by atoms with Crippen LogP contribution in [0.2, 0.25) is 0 Å². The largest absolute Gasteiger partial charge is 0.493 e. The molecule has 7 heteroatoms. The molecule has 0 unspecified atom stereocenters. The fourth-order valence-electron chi connectivity index (χ4n) is 9.37. The second-order valence-electron chi connectivity index (χ2n) is 22.4. The number of hydrogen-bond donors (Lipinski definition) is 1. The quantitative estimate of drug-likeness (QED) is 0.0517. The zero-order chi connectivity index (χ0) is 50.3. The van der Waals surface area contributed by atoms with Crippen LogP contribution in [-0.2, 0) is 20.9 Å². The Balaban J connectivity index is 2.41. The molecule has 0 aliphatic rings. The zero-order valence-corrected chi connectivity index (χ0v) is 46.9. The Morgan fingerprint density at radius 3 is 1.01 bits per heavy atom. The van der Waals surface area contributed by atoms with Gasteiger partial charge in [0.25, 0.3) is 0 Å². The molecule has 0 saturated carbocycles. The van der Waals surface area contributed by atoms with Gasteiger partial charge in [-0.25, -0.2) is 9.59 Å². The van der Waals surface area contributed by atoms with E-state index in [1.54, 1.807) is 0 Å². The van der Waals surface area contributed by atoms with Gasteiger partial charge in [0.1, 0.15) is 29.7 Å². The van der Waals surface area contributed by atoms with Crippen molar-refractivity contribution in [1.29, 1.82) is 0 Å². The van der Waals surface area contributed by atoms with Crippen LogP contribution in [0.1, 0.15) is 317 Å². The van der Waals surface area contributed by atoms with E-state index in [1.165, 1.54) is 244 Å². The van der Waals surface area contributed by atoms with Crippen LogP contribution in [-0.4, -0.2) is 36.9 Å². The minimum Gasteiger partial charge on any atom is -0.493 e. The molecular weight excluding hydrogens is 855 g/mol. The summed E-state index contributed by atoms with van der Waals surface area (Å²) in [6.45, 7) is 15.4. The Morgan fingerprint density at radius 1 is 0.449 bits per heavy atom. The number of carbonyl (C=O) groups is 2. The van der Waals surface area contributed by atoms with E-state index in [-0.39, 0.29) is 12.5 Å². The molecule has 0 radical (unpaired) electrons. The van der Waals surface area contributed by atoms with Gasteiger partial charge in [-0.3, -0.25) is 0 Å². The highest BCUT2D eigenvalue weighted by Crippen LogP contribution is 2.26. The van der Waals surface area contributed by atoms with E-state index in [9.17, 15) is 9.59 Å². The summed E-state index contributed by atoms with van der Waals surface area (Å²) >= 11 is 0. The number of ether oxygens (including phenoxy) is 4. The summed E-state index contributed by atoms with van der Waals surface area (Å²) in [7, 11) is 0. The summed E-state index contributed by atoms with van der Waals surface area (Å²) in [6, 6.07) is 5.08. The van der Waals surface area contributed by atoms with Crippen LogP contribution in [0.3, 0.4) is 0 Å². The summed E-state index contributed by atoms with van der Waals surface area (Å²) in [4.78, 5) is 25.9. The molecule has 0 heterocycles. The molecule has 7 nitrogen and oxygen atoms in total. The predicted octanol–water partition coefficient (Wildman–Crippen LogP) is 20.1. The number of rotatable bonds is 50. The second-order valence-corrected chi connectivity index (χ2v) is 22.4. The van der Waals surface area contributed by atoms with Gasteiger partial charge in [-0.2, -0.15) is 0 Å². The summed E-state index contributed by atoms with van der Waals surface area (Å²) in [5, 5.41) is 2.74. The SMILES string of the molecule is CCCCCCCCCCCCCCCCCCCCCCOc1cc(COC(=O)[C@H](CC(C)C)NC(=O)OC(C)(C)C)cc(OCCCCCCCCCCCCCCCCCCCCCC)c1. The standard InChI is InChI=1S/C62H115NO6/c1-8-10-12-14-16-18-20-22-24-26-28-30-32-34-36-38-40-42-44-46-48-66-57-51-56(54-68-60(64)59(50-55(3)4)63-61(65)69-62(5,6)7)52-58(53-57)67-49-47-45-43-41-39-37-35-33-31-29-27-25-23-21-19-17-15-13-11-9-2/h51-53,55,59H,8-50,54H2,1-7H3,(H,63,65)/t59-/m0/s1. The zero-order valence-electron chi connectivity index (χ0n) is 46.9. The van der Waals surface area contributed by atoms with Gasteiger partial charge in [0.2, 0.25) is 0 Å². The number of benzene rings is 1. The van der Waals surface area contributed by atoms with E-state index in [0.29, 0.717) is 19.6 Å². The molecule has 0 spiro atoms. The molecule has 0 saturated heterocycles. The average Bonchev–Trinajstić information content (AvgIpc) is 3.30. The summed E-state index contributed by atoms with van der Waals surface area (Å²) in [5.41, 5.74) is 0.146. The van der Waals surface area contributed by atoms with Crippen molar-refractivity contribution >= 4 is 12.1 Å². The van der Waals surface area contributed by atoms with Gasteiger partial charge in [-0.15, -0.1) is 0 Å². The monoisotopic (exact) mass is 970 g/mol. The van der Waals surface area contributed by atoms with Crippen molar-refractivity contribution in [2.75, 3.05) is 13.2 Å². The van der Waals surface area contributed by atoms with Crippen molar-refractivity contribution in [1.82, 2.24) is 5.32 Å². The van der Waals surface area contributed by atoms with Crippen molar-refractivity contribution in [2.24, 2.45) is 5.92 Å². The maximum atomic E-state index is 13.3. The molecule has 0 aliphatic heterocycles. The van der Waals surface area contributed by atoms with Gasteiger partial charge >= 0.3 is 12.1 Å². The van der Waals surface area contributed by atoms with Crippen LogP contribution in [0, 0.1) is 5.92 Å². The molecule has 0 fully saturated rings. The molecular formula is C62H115NO6. The Hall–Kier alpha value is -2.44. The minimum atomic E-state index is -0.798. The first kappa shape index (κ1) is 64.6. The molecule has 0 bridgehead atoms. The van der Waals surface area contributed by atoms with Crippen molar-refractivity contribution in [2.45, 2.75) is 330 Å². The van der Waals surface area contributed by atoms with E-state index >= 15 is 0 Å². The maximum Gasteiger partial charge on any atom is 0.408 e. The van der Waals surface area contributed by atoms with E-state index in [1.807, 2.05) is 52.8 Å². The van der Waals surface area contributed by atoms with Crippen molar-refractivity contribution in [3.8, 4) is 11.5 Å². The van der Waals surface area contributed by atoms with Gasteiger partial charge in [0.15, 0.2) is 0 Å². The first-order chi connectivity index (χ1) is 33.5. The lowest BCUT2D eigenvalue weighted by molar-refractivity contribution is -0.148. The molecule has 1 aromatic carbocycles. The smallest absolute Gasteiger partial charge is 0.408 e. The average molecular weight is 971 g/mol. The number of nitrogens with one attached hydrogen (secondary N) is 1. The highest BCUT2D eigenvalue weighted by atomic mass is 16.6.